The number of alkyl halides is 3. The number of carbonyl (C=O) groups is 1. The molecule has 0 aliphatic heterocycles. The lowest BCUT2D eigenvalue weighted by Crippen LogP contribution is -2.21. The summed E-state index contributed by atoms with van der Waals surface area (Å²) in [5, 5.41) is 13.9. The summed E-state index contributed by atoms with van der Waals surface area (Å²) in [6, 6.07) is 6.13. The predicted octanol–water partition coefficient (Wildman–Crippen LogP) is 4.62. The van der Waals surface area contributed by atoms with Crippen LogP contribution in [0.5, 0.6) is 5.75 Å². The summed E-state index contributed by atoms with van der Waals surface area (Å²) < 4.78 is 54.2. The Balaban J connectivity index is 2.14. The molecule has 0 radical (unpaired) electrons. The van der Waals surface area contributed by atoms with Crippen molar-refractivity contribution in [2.24, 2.45) is 0 Å². The fraction of sp³-hybridized carbons (Fsp3) is 0.133. The number of hydrogen-bond acceptors (Lipinski definition) is 3. The van der Waals surface area contributed by atoms with Crippen molar-refractivity contribution in [1.82, 2.24) is 0 Å². The van der Waals surface area contributed by atoms with Gasteiger partial charge in [0.25, 0.3) is 0 Å². The van der Waals surface area contributed by atoms with E-state index >= 15 is 0 Å². The maximum Gasteiger partial charge on any atom is 0.573 e. The number of ether oxygens (including phenoxy) is 1. The van der Waals surface area contributed by atoms with Crippen molar-refractivity contribution in [2.75, 3.05) is 10.6 Å². The first-order valence-corrected chi connectivity index (χ1v) is 7.50. The Labute approximate surface area is 147 Å². The molecule has 2 rings (SSSR count). The van der Waals surface area contributed by atoms with E-state index in [0.29, 0.717) is 16.1 Å². The third-order valence-corrected chi connectivity index (χ3v) is 3.63. The summed E-state index contributed by atoms with van der Waals surface area (Å²) in [7, 11) is 0. The number of hydrogen-bond donors (Lipinski definition) is 3. The highest BCUT2D eigenvalue weighted by molar-refractivity contribution is 9.10. The van der Waals surface area contributed by atoms with Gasteiger partial charge in [-0.1, -0.05) is 22.0 Å². The Kier molecular flexibility index (Phi) is 5.85. The lowest BCUT2D eigenvalue weighted by Gasteiger charge is -2.13. The second kappa shape index (κ2) is 7.70. The van der Waals surface area contributed by atoms with Crippen molar-refractivity contribution >= 4 is 33.3 Å². The van der Waals surface area contributed by atoms with Crippen LogP contribution in [-0.2, 0) is 6.61 Å². The van der Waals surface area contributed by atoms with Crippen LogP contribution in [0.3, 0.4) is 0 Å². The number of halogens is 5. The van der Waals surface area contributed by atoms with Crippen LogP contribution < -0.4 is 15.4 Å². The first-order chi connectivity index (χ1) is 11.7. The molecule has 0 bridgehead atoms. The Bertz CT molecular complexity index is 784. The third-order valence-electron chi connectivity index (χ3n) is 2.89. The number of anilines is 2. The first kappa shape index (κ1) is 19.0. The summed E-state index contributed by atoms with van der Waals surface area (Å²) in [4.78, 5) is 12.0. The minimum atomic E-state index is -4.99. The largest absolute Gasteiger partial charge is 0.573 e. The normalized spacial score (nSPS) is 11.1. The van der Waals surface area contributed by atoms with Gasteiger partial charge in [0.15, 0.2) is 0 Å². The molecule has 0 unspecified atom stereocenters. The molecule has 0 aromatic heterocycles. The molecule has 5 nitrogen and oxygen atoms in total. The summed E-state index contributed by atoms with van der Waals surface area (Å²) >= 11 is 3.21. The van der Waals surface area contributed by atoms with E-state index in [1.165, 1.54) is 6.07 Å². The Morgan fingerprint density at radius 3 is 2.56 bits per heavy atom. The molecule has 0 aliphatic rings. The first-order valence-electron chi connectivity index (χ1n) is 6.70. The number of carbonyl (C=O) groups excluding carboxylic acids is 1. The zero-order chi connectivity index (χ0) is 18.6. The number of amides is 2. The molecule has 0 atom stereocenters. The number of rotatable bonds is 4. The molecule has 25 heavy (non-hydrogen) atoms. The second-order valence-electron chi connectivity index (χ2n) is 4.73. The van der Waals surface area contributed by atoms with Gasteiger partial charge in [0.05, 0.1) is 6.61 Å². The fourth-order valence-electron chi connectivity index (χ4n) is 1.95. The maximum absolute atomic E-state index is 13.4. The van der Waals surface area contributed by atoms with Gasteiger partial charge in [0.1, 0.15) is 11.6 Å². The Morgan fingerprint density at radius 2 is 1.92 bits per heavy atom. The zero-order valence-corrected chi connectivity index (χ0v) is 13.9. The van der Waals surface area contributed by atoms with Crippen molar-refractivity contribution in [2.45, 2.75) is 13.0 Å². The van der Waals surface area contributed by atoms with Crippen LogP contribution in [-0.4, -0.2) is 17.5 Å². The van der Waals surface area contributed by atoms with E-state index < -0.39 is 24.0 Å². The summed E-state index contributed by atoms with van der Waals surface area (Å²) in [6.45, 7) is -0.361. The number of nitrogens with one attached hydrogen (secondary N) is 2. The average molecular weight is 423 g/mol. The highest BCUT2D eigenvalue weighted by Crippen LogP contribution is 2.27. The van der Waals surface area contributed by atoms with Crippen molar-refractivity contribution in [3.05, 3.63) is 52.3 Å². The van der Waals surface area contributed by atoms with E-state index in [9.17, 15) is 27.5 Å². The molecule has 0 fully saturated rings. The standard InChI is InChI=1S/C15H11BrF4N2O3/c16-12-2-1-3-13(11(12)7-23)22-14(24)21-9-4-8(17)5-10(6-9)25-15(18,19)20/h1-6,23H,7H2,(H2,21,22,24). The van der Waals surface area contributed by atoms with Crippen LogP contribution in [0.2, 0.25) is 0 Å². The van der Waals surface area contributed by atoms with E-state index in [2.05, 4.69) is 31.3 Å². The monoisotopic (exact) mass is 422 g/mol. The van der Waals surface area contributed by atoms with Crippen molar-refractivity contribution in [1.29, 1.82) is 0 Å². The Morgan fingerprint density at radius 1 is 1.20 bits per heavy atom. The topological polar surface area (TPSA) is 70.6 Å². The minimum absolute atomic E-state index is 0.239. The highest BCUT2D eigenvalue weighted by atomic mass is 79.9. The van der Waals surface area contributed by atoms with Crippen LogP contribution in [0.25, 0.3) is 0 Å². The lowest BCUT2D eigenvalue weighted by atomic mass is 10.2. The number of benzene rings is 2. The van der Waals surface area contributed by atoms with Gasteiger partial charge in [-0.15, -0.1) is 13.2 Å². The third kappa shape index (κ3) is 5.61. The summed E-state index contributed by atoms with van der Waals surface area (Å²) in [6.07, 6.45) is -4.99. The van der Waals surface area contributed by atoms with Crippen molar-refractivity contribution in [3.8, 4) is 5.75 Å². The lowest BCUT2D eigenvalue weighted by molar-refractivity contribution is -0.274. The highest BCUT2D eigenvalue weighted by Gasteiger charge is 2.31. The van der Waals surface area contributed by atoms with Gasteiger partial charge in [-0.3, -0.25) is 0 Å². The molecule has 134 valence electrons. The van der Waals surface area contributed by atoms with Gasteiger partial charge in [0, 0.05) is 33.5 Å². The maximum atomic E-state index is 13.4. The van der Waals surface area contributed by atoms with Crippen LogP contribution in [0, 0.1) is 5.82 Å². The zero-order valence-electron chi connectivity index (χ0n) is 12.3. The number of urea groups is 1. The molecule has 2 aromatic rings. The van der Waals surface area contributed by atoms with E-state index in [4.69, 9.17) is 0 Å². The minimum Gasteiger partial charge on any atom is -0.406 e. The van der Waals surface area contributed by atoms with Crippen LogP contribution in [0.15, 0.2) is 40.9 Å². The van der Waals surface area contributed by atoms with Crippen LogP contribution >= 0.6 is 15.9 Å². The van der Waals surface area contributed by atoms with Gasteiger partial charge in [0.2, 0.25) is 0 Å². The van der Waals surface area contributed by atoms with E-state index in [0.717, 1.165) is 12.1 Å². The summed E-state index contributed by atoms with van der Waals surface area (Å²) in [5.41, 5.74) is 0.438. The van der Waals surface area contributed by atoms with E-state index in [1.807, 2.05) is 0 Å². The molecule has 0 aliphatic carbocycles. The number of aliphatic hydroxyl groups is 1. The molecule has 2 aromatic carbocycles. The predicted molar refractivity (Wildman–Crippen MR) is 85.8 cm³/mol. The van der Waals surface area contributed by atoms with E-state index in [1.54, 1.807) is 12.1 Å². The quantitative estimate of drug-likeness (QED) is 0.629. The molecule has 0 spiro atoms. The molecule has 3 N–H and O–H groups in total. The SMILES string of the molecule is O=C(Nc1cc(F)cc(OC(F)(F)F)c1)Nc1cccc(Br)c1CO. The number of aliphatic hydroxyl groups excluding tert-OH is 1. The van der Waals surface area contributed by atoms with Crippen molar-refractivity contribution in [3.63, 3.8) is 0 Å². The molecular weight excluding hydrogens is 412 g/mol. The molecule has 2 amide bonds. The van der Waals surface area contributed by atoms with Gasteiger partial charge in [-0.25, -0.2) is 9.18 Å². The molecular formula is C15H11BrF4N2O3. The summed E-state index contributed by atoms with van der Waals surface area (Å²) in [5.74, 6) is -1.82. The van der Waals surface area contributed by atoms with Gasteiger partial charge < -0.3 is 20.5 Å². The van der Waals surface area contributed by atoms with E-state index in [-0.39, 0.29) is 18.0 Å². The van der Waals surface area contributed by atoms with Crippen molar-refractivity contribution < 1.29 is 32.2 Å². The fourth-order valence-corrected chi connectivity index (χ4v) is 2.44. The second-order valence-corrected chi connectivity index (χ2v) is 5.58. The molecule has 0 saturated carbocycles. The van der Waals surface area contributed by atoms with Gasteiger partial charge >= 0.3 is 12.4 Å². The smallest absolute Gasteiger partial charge is 0.406 e. The molecule has 10 heteroatoms. The average Bonchev–Trinajstić information content (AvgIpc) is 2.44. The van der Waals surface area contributed by atoms with Gasteiger partial charge in [-0.05, 0) is 18.2 Å². The molecule has 0 saturated heterocycles. The van der Waals surface area contributed by atoms with Crippen LogP contribution in [0.1, 0.15) is 5.56 Å². The van der Waals surface area contributed by atoms with Gasteiger partial charge in [-0.2, -0.15) is 0 Å². The van der Waals surface area contributed by atoms with Crippen LogP contribution in [0.4, 0.5) is 33.7 Å². The molecule has 0 heterocycles. The Hall–Kier alpha value is -2.33.